The summed E-state index contributed by atoms with van der Waals surface area (Å²) < 4.78 is 0. The van der Waals surface area contributed by atoms with Gasteiger partial charge in [0.2, 0.25) is 23.6 Å². The number of primary amides is 1. The van der Waals surface area contributed by atoms with Gasteiger partial charge in [-0.05, 0) is 24.3 Å². The summed E-state index contributed by atoms with van der Waals surface area (Å²) in [6, 6.07) is 5.85. The predicted molar refractivity (Wildman–Crippen MR) is 121 cm³/mol. The molecule has 10 nitrogen and oxygen atoms in total. The van der Waals surface area contributed by atoms with Crippen molar-refractivity contribution in [1.82, 2.24) is 21.3 Å². The molecular weight excluding hydrogens is 412 g/mol. The quantitative estimate of drug-likeness (QED) is 0.229. The summed E-state index contributed by atoms with van der Waals surface area (Å²) in [5.74, 6) is -2.10. The van der Waals surface area contributed by atoms with E-state index in [9.17, 15) is 19.2 Å². The Morgan fingerprint density at radius 1 is 0.969 bits per heavy atom. The van der Waals surface area contributed by atoms with E-state index in [1.165, 1.54) is 6.92 Å². The molecule has 1 aromatic rings. The fourth-order valence-electron chi connectivity index (χ4n) is 3.05. The molecule has 0 aliphatic heterocycles. The molecule has 8 N–H and O–H groups in total. The van der Waals surface area contributed by atoms with Crippen LogP contribution in [0.2, 0.25) is 0 Å². The molecule has 1 aromatic carbocycles. The molecule has 176 valence electrons. The standard InChI is InChI=1S/C22H34N6O4/c1-13(2)18(20(24)30)28-21(31)17(11-8-12-25-14(3)23)27-22(32)19(26-15(4)29)16-9-6-5-7-10-16/h5-7,9-10,13,17-19,25H,3,8,11-12,23H2,1-2,4H3,(H2,24,30)(H,26,29)(H,27,32)(H,28,31)/t17-,18-,19+/m0/s1. The highest BCUT2D eigenvalue weighted by Crippen LogP contribution is 2.14. The lowest BCUT2D eigenvalue weighted by Crippen LogP contribution is -2.55. The number of hydrogen-bond donors (Lipinski definition) is 6. The van der Waals surface area contributed by atoms with E-state index < -0.39 is 41.8 Å². The van der Waals surface area contributed by atoms with E-state index in [1.54, 1.807) is 44.2 Å². The Morgan fingerprint density at radius 3 is 2.09 bits per heavy atom. The van der Waals surface area contributed by atoms with Crippen molar-refractivity contribution in [3.63, 3.8) is 0 Å². The molecule has 0 fully saturated rings. The molecule has 0 radical (unpaired) electrons. The van der Waals surface area contributed by atoms with Crippen LogP contribution in [0.25, 0.3) is 0 Å². The minimum Gasteiger partial charge on any atom is -0.386 e. The second kappa shape index (κ2) is 13.0. The lowest BCUT2D eigenvalue weighted by Gasteiger charge is -2.26. The fraction of sp³-hybridized carbons (Fsp3) is 0.455. The van der Waals surface area contributed by atoms with Crippen LogP contribution >= 0.6 is 0 Å². The maximum atomic E-state index is 13.0. The summed E-state index contributed by atoms with van der Waals surface area (Å²) in [6.45, 7) is 8.79. The van der Waals surface area contributed by atoms with Gasteiger partial charge in [-0.2, -0.15) is 0 Å². The maximum Gasteiger partial charge on any atom is 0.247 e. The van der Waals surface area contributed by atoms with Gasteiger partial charge in [0.1, 0.15) is 18.1 Å². The van der Waals surface area contributed by atoms with E-state index in [1.807, 2.05) is 0 Å². The van der Waals surface area contributed by atoms with E-state index in [-0.39, 0.29) is 12.3 Å². The van der Waals surface area contributed by atoms with Gasteiger partial charge >= 0.3 is 0 Å². The van der Waals surface area contributed by atoms with Gasteiger partial charge in [-0.3, -0.25) is 19.2 Å². The van der Waals surface area contributed by atoms with Crippen molar-refractivity contribution < 1.29 is 19.2 Å². The van der Waals surface area contributed by atoms with E-state index in [2.05, 4.69) is 27.8 Å². The minimum absolute atomic E-state index is 0.230. The first-order valence-electron chi connectivity index (χ1n) is 10.4. The summed E-state index contributed by atoms with van der Waals surface area (Å²) in [6.07, 6.45) is 0.733. The average molecular weight is 447 g/mol. The Kier molecular flexibility index (Phi) is 10.7. The highest BCUT2D eigenvalue weighted by Gasteiger charge is 2.30. The first-order valence-corrected chi connectivity index (χ1v) is 10.4. The van der Waals surface area contributed by atoms with Crippen LogP contribution in [0.1, 0.15) is 45.2 Å². The number of amides is 4. The minimum atomic E-state index is -0.983. The van der Waals surface area contributed by atoms with E-state index in [0.717, 1.165) is 0 Å². The van der Waals surface area contributed by atoms with Crippen LogP contribution in [0.5, 0.6) is 0 Å². The monoisotopic (exact) mass is 446 g/mol. The molecule has 1 rings (SSSR count). The zero-order valence-corrected chi connectivity index (χ0v) is 18.8. The zero-order chi connectivity index (χ0) is 24.3. The first kappa shape index (κ1) is 26.5. The Bertz CT molecular complexity index is 812. The van der Waals surface area contributed by atoms with Crippen molar-refractivity contribution in [2.75, 3.05) is 6.54 Å². The maximum absolute atomic E-state index is 13.0. The third-order valence-electron chi connectivity index (χ3n) is 4.67. The molecule has 0 spiro atoms. The summed E-state index contributed by atoms with van der Waals surface area (Å²) in [5, 5.41) is 10.8. The molecule has 0 saturated heterocycles. The second-order valence-electron chi connectivity index (χ2n) is 7.83. The summed E-state index contributed by atoms with van der Waals surface area (Å²) in [5.41, 5.74) is 11.5. The summed E-state index contributed by atoms with van der Waals surface area (Å²) in [7, 11) is 0. The van der Waals surface area contributed by atoms with Crippen LogP contribution in [-0.2, 0) is 19.2 Å². The van der Waals surface area contributed by atoms with Crippen LogP contribution in [0.3, 0.4) is 0 Å². The molecule has 0 bridgehead atoms. The SMILES string of the molecule is C=C(N)NCCC[C@H](NC(=O)[C@H](NC(C)=O)c1ccccc1)C(=O)N[C@H](C(N)=O)C(C)C. The highest BCUT2D eigenvalue weighted by molar-refractivity contribution is 5.94. The van der Waals surface area contributed by atoms with Gasteiger partial charge in [0, 0.05) is 13.5 Å². The number of carbonyl (C=O) groups excluding carboxylic acids is 4. The summed E-state index contributed by atoms with van der Waals surface area (Å²) >= 11 is 0. The second-order valence-corrected chi connectivity index (χ2v) is 7.83. The summed E-state index contributed by atoms with van der Waals surface area (Å²) in [4.78, 5) is 49.3. The lowest BCUT2D eigenvalue weighted by atomic mass is 10.0. The molecule has 4 amide bonds. The Balaban J connectivity index is 3.03. The third kappa shape index (κ3) is 9.07. The number of hydrogen-bond acceptors (Lipinski definition) is 6. The van der Waals surface area contributed by atoms with Gasteiger partial charge < -0.3 is 32.7 Å². The largest absolute Gasteiger partial charge is 0.386 e. The van der Waals surface area contributed by atoms with Crippen molar-refractivity contribution in [2.24, 2.45) is 17.4 Å². The van der Waals surface area contributed by atoms with Gasteiger partial charge in [-0.15, -0.1) is 0 Å². The van der Waals surface area contributed by atoms with Crippen LogP contribution in [-0.4, -0.2) is 42.3 Å². The number of rotatable bonds is 13. The van der Waals surface area contributed by atoms with Gasteiger partial charge in [-0.25, -0.2) is 0 Å². The topological polar surface area (TPSA) is 168 Å². The number of nitrogens with two attached hydrogens (primary N) is 2. The molecule has 3 atom stereocenters. The van der Waals surface area contributed by atoms with Gasteiger partial charge in [0.25, 0.3) is 0 Å². The number of benzene rings is 1. The van der Waals surface area contributed by atoms with Crippen molar-refractivity contribution in [3.05, 3.63) is 48.3 Å². The molecule has 0 saturated carbocycles. The molecule has 0 heterocycles. The van der Waals surface area contributed by atoms with Gasteiger partial charge in [0.05, 0.1) is 5.82 Å². The van der Waals surface area contributed by atoms with Crippen LogP contribution in [0.4, 0.5) is 0 Å². The van der Waals surface area contributed by atoms with E-state index in [0.29, 0.717) is 24.4 Å². The van der Waals surface area contributed by atoms with Crippen LogP contribution in [0, 0.1) is 5.92 Å². The Hall–Kier alpha value is -3.56. The van der Waals surface area contributed by atoms with Crippen molar-refractivity contribution >= 4 is 23.6 Å². The van der Waals surface area contributed by atoms with Crippen LogP contribution in [0.15, 0.2) is 42.7 Å². The fourth-order valence-corrected chi connectivity index (χ4v) is 3.05. The lowest BCUT2D eigenvalue weighted by molar-refractivity contribution is -0.133. The van der Waals surface area contributed by atoms with Crippen LogP contribution < -0.4 is 32.7 Å². The van der Waals surface area contributed by atoms with E-state index in [4.69, 9.17) is 11.5 Å². The third-order valence-corrected chi connectivity index (χ3v) is 4.67. The van der Waals surface area contributed by atoms with Gasteiger partial charge in [0.15, 0.2) is 0 Å². The molecule has 32 heavy (non-hydrogen) atoms. The normalized spacial score (nSPS) is 13.4. The molecule has 0 aliphatic rings. The molecule has 0 aliphatic carbocycles. The highest BCUT2D eigenvalue weighted by atomic mass is 16.2. The molecular formula is C22H34N6O4. The Labute approximate surface area is 188 Å². The number of nitrogens with one attached hydrogen (secondary N) is 4. The smallest absolute Gasteiger partial charge is 0.247 e. The number of carbonyl (C=O) groups is 4. The van der Waals surface area contributed by atoms with Crippen molar-refractivity contribution in [3.8, 4) is 0 Å². The van der Waals surface area contributed by atoms with Crippen molar-refractivity contribution in [1.29, 1.82) is 0 Å². The predicted octanol–water partition coefficient (Wildman–Crippen LogP) is -0.226. The first-order chi connectivity index (χ1) is 15.0. The zero-order valence-electron chi connectivity index (χ0n) is 18.8. The molecule has 0 unspecified atom stereocenters. The average Bonchev–Trinajstić information content (AvgIpc) is 2.71. The van der Waals surface area contributed by atoms with E-state index >= 15 is 0 Å². The molecule has 10 heteroatoms. The molecule has 0 aromatic heterocycles. The Morgan fingerprint density at radius 2 is 1.59 bits per heavy atom. The van der Waals surface area contributed by atoms with Gasteiger partial charge in [-0.1, -0.05) is 50.8 Å². The van der Waals surface area contributed by atoms with Crippen molar-refractivity contribution in [2.45, 2.75) is 51.7 Å².